The van der Waals surface area contributed by atoms with Gasteiger partial charge in [-0.15, -0.1) is 0 Å². The summed E-state index contributed by atoms with van der Waals surface area (Å²) in [5.41, 5.74) is -0.404. The number of nitrogens with one attached hydrogen (secondary N) is 1. The zero-order valence-corrected chi connectivity index (χ0v) is 26.2. The van der Waals surface area contributed by atoms with E-state index in [2.05, 4.69) is 25.0 Å². The SMILES string of the molecule is C=C1NC(=O)C(CO[C@@H](c2ccccc2[N+](=O)[O-])C(C)(C)C)=CN1[C@H]1CC(O)[C@@H](COP(=O)(O)OP(=O)(O)OP(=O)(O)O)O1. The number of ether oxygens (including phenoxy) is 2. The van der Waals surface area contributed by atoms with E-state index in [0.29, 0.717) is 5.56 Å². The van der Waals surface area contributed by atoms with Gasteiger partial charge in [0, 0.05) is 18.7 Å². The molecule has 0 aromatic heterocycles. The van der Waals surface area contributed by atoms with Crippen molar-refractivity contribution in [3.8, 4) is 0 Å². The largest absolute Gasteiger partial charge is 0.490 e. The number of nitro groups is 1. The van der Waals surface area contributed by atoms with E-state index in [1.807, 2.05) is 20.8 Å². The lowest BCUT2D eigenvalue weighted by atomic mass is 9.84. The Hall–Kier alpha value is -2.34. The zero-order valence-electron chi connectivity index (χ0n) is 23.5. The quantitative estimate of drug-likeness (QED) is 0.0986. The highest BCUT2D eigenvalue weighted by atomic mass is 31.3. The number of hydrogen-bond acceptors (Lipinski definition) is 13. The second kappa shape index (κ2) is 13.6. The Labute approximate surface area is 250 Å². The maximum atomic E-state index is 12.7. The summed E-state index contributed by atoms with van der Waals surface area (Å²) in [7, 11) is -16.8. The van der Waals surface area contributed by atoms with Gasteiger partial charge in [0.1, 0.15) is 18.2 Å². The molecule has 0 bridgehead atoms. The second-order valence-electron chi connectivity index (χ2n) is 10.7. The molecule has 1 fully saturated rings. The number of nitrogens with zero attached hydrogens (tertiary/aromatic N) is 2. The first-order valence-electron chi connectivity index (χ1n) is 12.5. The molecule has 2 aliphatic rings. The van der Waals surface area contributed by atoms with Crippen molar-refractivity contribution < 1.29 is 70.7 Å². The normalized spacial score (nSPS) is 24.7. The average molecular weight is 687 g/mol. The molecular formula is C22H32N3O16P3. The Balaban J connectivity index is 1.71. The lowest BCUT2D eigenvalue weighted by Gasteiger charge is -2.35. The minimum Gasteiger partial charge on any atom is -0.390 e. The van der Waals surface area contributed by atoms with Crippen LogP contribution in [0.1, 0.15) is 38.9 Å². The number of amides is 1. The molecule has 1 saturated heterocycles. The van der Waals surface area contributed by atoms with Crippen molar-refractivity contribution >= 4 is 35.1 Å². The van der Waals surface area contributed by atoms with Crippen molar-refractivity contribution in [3.05, 3.63) is 64.1 Å². The summed E-state index contributed by atoms with van der Waals surface area (Å²) in [6.45, 7) is 7.99. The number of carbonyl (C=O) groups excluding carboxylic acids is 1. The minimum atomic E-state index is -5.74. The van der Waals surface area contributed by atoms with Gasteiger partial charge in [-0.3, -0.25) is 19.4 Å². The molecule has 2 heterocycles. The molecule has 0 radical (unpaired) electrons. The van der Waals surface area contributed by atoms with Crippen LogP contribution < -0.4 is 5.32 Å². The molecule has 1 aromatic carbocycles. The number of nitro benzene ring substituents is 1. The Bertz CT molecular complexity index is 1460. The molecule has 3 unspecified atom stereocenters. The molecule has 1 aromatic rings. The van der Waals surface area contributed by atoms with Crippen LogP contribution in [0.5, 0.6) is 0 Å². The van der Waals surface area contributed by atoms with Gasteiger partial charge in [0.2, 0.25) is 0 Å². The third-order valence-corrected chi connectivity index (χ3v) is 9.90. The summed E-state index contributed by atoms with van der Waals surface area (Å²) in [5, 5.41) is 24.6. The first-order chi connectivity index (χ1) is 20.1. The summed E-state index contributed by atoms with van der Waals surface area (Å²) in [6.07, 6.45) is -3.30. The standard InChI is InChI=1S/C22H32N3O16P3/c1-13-23-21(27)14(11-37-20(22(2,3)4)15-7-5-6-8-16(15)25(28)29)10-24(13)19-9-17(26)18(39-19)12-38-43(33,34)41-44(35,36)40-42(30,31)32/h5-8,10,17-20,26H,1,9,11-12H2,2-4H3,(H,23,27)(H,33,34)(H,35,36)(H2,30,31,32)/t17?,18-,19-,20+/m1/s1. The Morgan fingerprint density at radius 3 is 2.39 bits per heavy atom. The summed E-state index contributed by atoms with van der Waals surface area (Å²) in [4.78, 5) is 61.4. The lowest BCUT2D eigenvalue weighted by molar-refractivity contribution is -0.386. The van der Waals surface area contributed by atoms with E-state index >= 15 is 0 Å². The predicted octanol–water partition coefficient (Wildman–Crippen LogP) is 2.30. The van der Waals surface area contributed by atoms with Crippen LogP contribution in [0, 0.1) is 15.5 Å². The fourth-order valence-electron chi connectivity index (χ4n) is 4.30. The zero-order chi connectivity index (χ0) is 33.3. The number of carbonyl (C=O) groups is 1. The third-order valence-electron chi connectivity index (χ3n) is 6.10. The number of phosphoric acid groups is 3. The molecule has 0 saturated carbocycles. The van der Waals surface area contributed by atoms with Crippen LogP contribution in [0.25, 0.3) is 0 Å². The highest BCUT2D eigenvalue weighted by Gasteiger charge is 2.44. The molecule has 0 spiro atoms. The summed E-state index contributed by atoms with van der Waals surface area (Å²) < 4.78 is 57.9. The topological polar surface area (TPSA) is 274 Å². The number of phosphoric ester groups is 1. The molecule has 0 aliphatic carbocycles. The van der Waals surface area contributed by atoms with Crippen LogP contribution in [0.3, 0.4) is 0 Å². The summed E-state index contributed by atoms with van der Waals surface area (Å²) in [6, 6.07) is 6.06. The predicted molar refractivity (Wildman–Crippen MR) is 148 cm³/mol. The number of benzene rings is 1. The number of rotatable bonds is 13. The Morgan fingerprint density at radius 2 is 1.80 bits per heavy atom. The average Bonchev–Trinajstić information content (AvgIpc) is 3.21. The molecule has 2 aliphatic heterocycles. The van der Waals surface area contributed by atoms with Crippen molar-refractivity contribution in [2.75, 3.05) is 13.2 Å². The summed E-state index contributed by atoms with van der Waals surface area (Å²) >= 11 is 0. The van der Waals surface area contributed by atoms with E-state index in [-0.39, 0.29) is 30.1 Å². The molecule has 44 heavy (non-hydrogen) atoms. The minimum absolute atomic E-state index is 0.0376. The van der Waals surface area contributed by atoms with Gasteiger partial charge >= 0.3 is 23.5 Å². The van der Waals surface area contributed by atoms with Crippen molar-refractivity contribution in [1.29, 1.82) is 0 Å². The molecule has 6 atom stereocenters. The summed E-state index contributed by atoms with van der Waals surface area (Å²) in [5.74, 6) is -0.542. The third kappa shape index (κ3) is 9.83. The molecular weight excluding hydrogens is 655 g/mol. The Kier molecular flexibility index (Phi) is 11.1. The van der Waals surface area contributed by atoms with Crippen molar-refractivity contribution in [3.63, 3.8) is 0 Å². The van der Waals surface area contributed by atoms with E-state index in [1.165, 1.54) is 23.2 Å². The highest BCUT2D eigenvalue weighted by molar-refractivity contribution is 7.66. The van der Waals surface area contributed by atoms with Crippen LogP contribution in [0.15, 0.2) is 48.4 Å². The lowest BCUT2D eigenvalue weighted by Crippen LogP contribution is -2.44. The van der Waals surface area contributed by atoms with Gasteiger partial charge in [-0.05, 0) is 11.5 Å². The van der Waals surface area contributed by atoms with Crippen molar-refractivity contribution in [2.24, 2.45) is 5.41 Å². The monoisotopic (exact) mass is 687 g/mol. The van der Waals surface area contributed by atoms with Crippen LogP contribution >= 0.6 is 23.5 Å². The van der Waals surface area contributed by atoms with Crippen LogP contribution in [-0.2, 0) is 41.1 Å². The maximum Gasteiger partial charge on any atom is 0.490 e. The van der Waals surface area contributed by atoms with Crippen LogP contribution in [0.2, 0.25) is 0 Å². The van der Waals surface area contributed by atoms with Gasteiger partial charge < -0.3 is 44.4 Å². The van der Waals surface area contributed by atoms with E-state index in [9.17, 15) is 43.5 Å². The fraction of sp³-hybridized carbons (Fsp3) is 0.500. The van der Waals surface area contributed by atoms with Crippen LogP contribution in [0.4, 0.5) is 5.69 Å². The maximum absolute atomic E-state index is 12.7. The molecule has 6 N–H and O–H groups in total. The van der Waals surface area contributed by atoms with Gasteiger partial charge in [0.15, 0.2) is 0 Å². The first-order valence-corrected chi connectivity index (χ1v) is 17.1. The highest BCUT2D eigenvalue weighted by Crippen LogP contribution is 2.66. The molecule has 22 heteroatoms. The number of aliphatic hydroxyl groups excluding tert-OH is 1. The van der Waals surface area contributed by atoms with E-state index in [4.69, 9.17) is 19.3 Å². The number of para-hydroxylation sites is 1. The number of hydrogen-bond donors (Lipinski definition) is 6. The van der Waals surface area contributed by atoms with Gasteiger partial charge in [-0.25, -0.2) is 13.7 Å². The molecule has 19 nitrogen and oxygen atoms in total. The Morgan fingerprint density at radius 1 is 1.16 bits per heavy atom. The van der Waals surface area contributed by atoms with Crippen molar-refractivity contribution in [2.45, 2.75) is 51.7 Å². The van der Waals surface area contributed by atoms with E-state index in [1.54, 1.807) is 12.1 Å². The number of aliphatic hydroxyl groups is 1. The molecule has 1 amide bonds. The second-order valence-corrected chi connectivity index (χ2v) is 15.1. The first kappa shape index (κ1) is 36.1. The van der Waals surface area contributed by atoms with E-state index < -0.39 is 70.9 Å². The van der Waals surface area contributed by atoms with E-state index in [0.717, 1.165) is 0 Å². The van der Waals surface area contributed by atoms with Crippen molar-refractivity contribution in [1.82, 2.24) is 10.2 Å². The van der Waals surface area contributed by atoms with Crippen LogP contribution in [-0.4, -0.2) is 72.1 Å². The molecule has 3 rings (SSSR count). The fourth-order valence-corrected chi connectivity index (χ4v) is 7.33. The van der Waals surface area contributed by atoms with Gasteiger partial charge in [0.05, 0.1) is 41.5 Å². The van der Waals surface area contributed by atoms with Gasteiger partial charge in [0.25, 0.3) is 11.6 Å². The van der Waals surface area contributed by atoms with Gasteiger partial charge in [-0.1, -0.05) is 39.5 Å². The smallest absolute Gasteiger partial charge is 0.390 e. The van der Waals surface area contributed by atoms with Gasteiger partial charge in [-0.2, -0.15) is 8.62 Å². The molecule has 246 valence electrons.